The van der Waals surface area contributed by atoms with E-state index in [2.05, 4.69) is 10.6 Å². The van der Waals surface area contributed by atoms with Crippen LogP contribution in [0.25, 0.3) is 0 Å². The van der Waals surface area contributed by atoms with E-state index in [4.69, 9.17) is 9.47 Å². The lowest BCUT2D eigenvalue weighted by atomic mass is 9.78. The van der Waals surface area contributed by atoms with Gasteiger partial charge in [0.2, 0.25) is 5.91 Å². The molecule has 1 aliphatic heterocycles. The van der Waals surface area contributed by atoms with Crippen LogP contribution in [0.3, 0.4) is 0 Å². The summed E-state index contributed by atoms with van der Waals surface area (Å²) in [6.45, 7) is 5.58. The van der Waals surface area contributed by atoms with E-state index < -0.39 is 11.2 Å². The van der Waals surface area contributed by atoms with Gasteiger partial charge in [0.05, 0.1) is 23.8 Å². The lowest BCUT2D eigenvalue weighted by Crippen LogP contribution is -2.47. The highest BCUT2D eigenvalue weighted by Gasteiger charge is 2.39. The highest BCUT2D eigenvalue weighted by molar-refractivity contribution is 5.95. The van der Waals surface area contributed by atoms with Crippen LogP contribution < -0.4 is 15.4 Å². The Balaban J connectivity index is 0.00000288. The lowest BCUT2D eigenvalue weighted by Gasteiger charge is -2.35. The van der Waals surface area contributed by atoms with Gasteiger partial charge < -0.3 is 20.1 Å². The second kappa shape index (κ2) is 9.20. The van der Waals surface area contributed by atoms with Gasteiger partial charge in [-0.15, -0.1) is 12.4 Å². The van der Waals surface area contributed by atoms with Crippen LogP contribution in [0.1, 0.15) is 26.7 Å². The Morgan fingerprint density at radius 1 is 1.38 bits per heavy atom. The summed E-state index contributed by atoms with van der Waals surface area (Å²) in [5.41, 5.74) is -0.445. The molecule has 1 saturated heterocycles. The first-order valence-electron chi connectivity index (χ1n) is 7.94. The third kappa shape index (κ3) is 5.06. The van der Waals surface area contributed by atoms with E-state index in [1.807, 2.05) is 13.8 Å². The number of carbonyl (C=O) groups excluding carboxylic acids is 1. The van der Waals surface area contributed by atoms with Gasteiger partial charge in [0, 0.05) is 13.2 Å². The summed E-state index contributed by atoms with van der Waals surface area (Å²) < 4.78 is 24.9. The molecule has 24 heavy (non-hydrogen) atoms. The molecule has 2 N–H and O–H groups in total. The Labute approximate surface area is 148 Å². The number of rotatable bonds is 6. The molecule has 2 rings (SSSR count). The molecule has 1 aromatic rings. The average Bonchev–Trinajstić information content (AvgIpc) is 2.50. The van der Waals surface area contributed by atoms with E-state index in [0.717, 1.165) is 13.1 Å². The van der Waals surface area contributed by atoms with Gasteiger partial charge in [-0.25, -0.2) is 4.39 Å². The molecular weight excluding hydrogens is 335 g/mol. The minimum absolute atomic E-state index is 0. The van der Waals surface area contributed by atoms with Gasteiger partial charge in [-0.2, -0.15) is 0 Å². The van der Waals surface area contributed by atoms with Crippen molar-refractivity contribution in [2.75, 3.05) is 32.1 Å². The molecule has 1 heterocycles. The summed E-state index contributed by atoms with van der Waals surface area (Å²) >= 11 is 0. The number of halogens is 2. The molecule has 0 unspecified atom stereocenters. The summed E-state index contributed by atoms with van der Waals surface area (Å²) in [4.78, 5) is 12.7. The van der Waals surface area contributed by atoms with Crippen molar-refractivity contribution in [3.05, 3.63) is 24.0 Å². The maximum Gasteiger partial charge on any atom is 0.233 e. The Morgan fingerprint density at radius 2 is 2.04 bits per heavy atom. The standard InChI is InChI=1S/C17H25FN2O3.ClH/c1-12(2)23-13-4-5-15(14(18)10-13)20-16(21)17(11-22-3)6-8-19-9-7-17;/h4-5,10,12,19H,6-9,11H2,1-3H3,(H,20,21);1H. The zero-order valence-corrected chi connectivity index (χ0v) is 15.2. The molecule has 0 bridgehead atoms. The zero-order valence-electron chi connectivity index (χ0n) is 14.4. The van der Waals surface area contributed by atoms with E-state index >= 15 is 0 Å². The van der Waals surface area contributed by atoms with Crippen molar-refractivity contribution in [3.8, 4) is 5.75 Å². The minimum atomic E-state index is -0.612. The Bertz CT molecular complexity index is 543. The van der Waals surface area contributed by atoms with Crippen molar-refractivity contribution in [3.63, 3.8) is 0 Å². The van der Waals surface area contributed by atoms with E-state index in [1.165, 1.54) is 12.1 Å². The molecule has 0 saturated carbocycles. The minimum Gasteiger partial charge on any atom is -0.491 e. The second-order valence-electron chi connectivity index (χ2n) is 6.23. The molecule has 0 radical (unpaired) electrons. The SMILES string of the molecule is COCC1(C(=O)Nc2ccc(OC(C)C)cc2F)CCNCC1.Cl. The maximum absolute atomic E-state index is 14.2. The first-order chi connectivity index (χ1) is 11.0. The zero-order chi connectivity index (χ0) is 16.9. The van der Waals surface area contributed by atoms with Crippen LogP contribution in [0, 0.1) is 11.2 Å². The van der Waals surface area contributed by atoms with Gasteiger partial charge in [-0.3, -0.25) is 4.79 Å². The number of piperidine rings is 1. The van der Waals surface area contributed by atoms with Crippen molar-refractivity contribution in [1.29, 1.82) is 0 Å². The van der Waals surface area contributed by atoms with Gasteiger partial charge in [0.15, 0.2) is 0 Å². The van der Waals surface area contributed by atoms with Crippen molar-refractivity contribution in [2.45, 2.75) is 32.8 Å². The molecule has 5 nitrogen and oxygen atoms in total. The summed E-state index contributed by atoms with van der Waals surface area (Å²) in [7, 11) is 1.58. The highest BCUT2D eigenvalue weighted by Crippen LogP contribution is 2.32. The molecule has 0 atom stereocenters. The molecule has 7 heteroatoms. The van der Waals surface area contributed by atoms with Gasteiger partial charge in [-0.1, -0.05) is 0 Å². The third-order valence-electron chi connectivity index (χ3n) is 4.02. The fraction of sp³-hybridized carbons (Fsp3) is 0.588. The van der Waals surface area contributed by atoms with Crippen molar-refractivity contribution in [2.24, 2.45) is 5.41 Å². The van der Waals surface area contributed by atoms with Crippen LogP contribution in [0.2, 0.25) is 0 Å². The van der Waals surface area contributed by atoms with Crippen LogP contribution in [0.4, 0.5) is 10.1 Å². The molecule has 0 aliphatic carbocycles. The van der Waals surface area contributed by atoms with Crippen LogP contribution in [0.5, 0.6) is 5.75 Å². The highest BCUT2D eigenvalue weighted by atomic mass is 35.5. The van der Waals surface area contributed by atoms with E-state index in [1.54, 1.807) is 13.2 Å². The van der Waals surface area contributed by atoms with E-state index in [9.17, 15) is 9.18 Å². The smallest absolute Gasteiger partial charge is 0.233 e. The van der Waals surface area contributed by atoms with Gasteiger partial charge in [-0.05, 0) is 51.9 Å². The normalized spacial score (nSPS) is 16.4. The molecule has 1 aromatic carbocycles. The molecule has 1 amide bonds. The maximum atomic E-state index is 14.2. The summed E-state index contributed by atoms with van der Waals surface area (Å²) in [5, 5.41) is 5.94. The fourth-order valence-electron chi connectivity index (χ4n) is 2.82. The Hall–Kier alpha value is -1.37. The number of ether oxygens (including phenoxy) is 2. The van der Waals surface area contributed by atoms with Gasteiger partial charge in [0.1, 0.15) is 11.6 Å². The van der Waals surface area contributed by atoms with Crippen molar-refractivity contribution in [1.82, 2.24) is 5.32 Å². The number of amides is 1. The molecular formula is C17H26ClFN2O3. The van der Waals surface area contributed by atoms with Crippen LogP contribution in [-0.4, -0.2) is 38.8 Å². The fourth-order valence-corrected chi connectivity index (χ4v) is 2.82. The summed E-state index contributed by atoms with van der Waals surface area (Å²) in [5.74, 6) is -0.251. The predicted octanol–water partition coefficient (Wildman–Crippen LogP) is 2.99. The molecule has 0 spiro atoms. The predicted molar refractivity (Wildman–Crippen MR) is 94.5 cm³/mol. The van der Waals surface area contributed by atoms with Crippen LogP contribution in [-0.2, 0) is 9.53 Å². The van der Waals surface area contributed by atoms with Gasteiger partial charge >= 0.3 is 0 Å². The van der Waals surface area contributed by atoms with E-state index in [0.29, 0.717) is 25.2 Å². The number of hydrogen-bond donors (Lipinski definition) is 2. The second-order valence-corrected chi connectivity index (χ2v) is 6.23. The first kappa shape index (κ1) is 20.7. The number of nitrogens with one attached hydrogen (secondary N) is 2. The number of carbonyl (C=O) groups is 1. The quantitative estimate of drug-likeness (QED) is 0.818. The Morgan fingerprint density at radius 3 is 2.58 bits per heavy atom. The third-order valence-corrected chi connectivity index (χ3v) is 4.02. The number of hydrogen-bond acceptors (Lipinski definition) is 4. The molecule has 0 aromatic heterocycles. The summed E-state index contributed by atoms with van der Waals surface area (Å²) in [6, 6.07) is 4.48. The lowest BCUT2D eigenvalue weighted by molar-refractivity contribution is -0.130. The molecule has 1 fully saturated rings. The van der Waals surface area contributed by atoms with Crippen LogP contribution >= 0.6 is 12.4 Å². The van der Waals surface area contributed by atoms with Crippen molar-refractivity contribution < 1.29 is 18.7 Å². The van der Waals surface area contributed by atoms with E-state index in [-0.39, 0.29) is 30.1 Å². The largest absolute Gasteiger partial charge is 0.491 e. The molecule has 136 valence electrons. The number of benzene rings is 1. The van der Waals surface area contributed by atoms with Crippen molar-refractivity contribution >= 4 is 24.0 Å². The number of anilines is 1. The first-order valence-corrected chi connectivity index (χ1v) is 7.94. The topological polar surface area (TPSA) is 59.6 Å². The average molecular weight is 361 g/mol. The Kier molecular flexibility index (Phi) is 7.93. The monoisotopic (exact) mass is 360 g/mol. The molecule has 1 aliphatic rings. The van der Waals surface area contributed by atoms with Crippen LogP contribution in [0.15, 0.2) is 18.2 Å². The summed E-state index contributed by atoms with van der Waals surface area (Å²) in [6.07, 6.45) is 1.31. The number of methoxy groups -OCH3 is 1. The van der Waals surface area contributed by atoms with Gasteiger partial charge in [0.25, 0.3) is 0 Å².